The first-order chi connectivity index (χ1) is 7.29. The lowest BCUT2D eigenvalue weighted by Crippen LogP contribution is -2.02. The zero-order valence-corrected chi connectivity index (χ0v) is 9.13. The molecule has 1 aromatic carbocycles. The van der Waals surface area contributed by atoms with Crippen LogP contribution in [-0.2, 0) is 6.42 Å². The van der Waals surface area contributed by atoms with E-state index < -0.39 is 6.10 Å². The quantitative estimate of drug-likeness (QED) is 0.782. The zero-order chi connectivity index (χ0) is 10.7. The summed E-state index contributed by atoms with van der Waals surface area (Å²) in [4.78, 5) is 1.28. The van der Waals surface area contributed by atoms with Crippen molar-refractivity contribution in [2.45, 2.75) is 18.9 Å². The molecule has 1 atom stereocenters. The molecule has 2 heteroatoms. The molecule has 0 saturated heterocycles. The highest BCUT2D eigenvalue weighted by atomic mass is 32.1. The van der Waals surface area contributed by atoms with Gasteiger partial charge in [-0.2, -0.15) is 0 Å². The minimum atomic E-state index is -0.616. The second-order valence-electron chi connectivity index (χ2n) is 3.47. The summed E-state index contributed by atoms with van der Waals surface area (Å²) in [5.74, 6) is 2.33. The lowest BCUT2D eigenvalue weighted by molar-refractivity contribution is 0.223. The molecular weight excluding hydrogens is 204 g/mol. The van der Waals surface area contributed by atoms with Gasteiger partial charge in [0.25, 0.3) is 0 Å². The molecule has 0 unspecified atom stereocenters. The van der Waals surface area contributed by atoms with Gasteiger partial charge in [0.15, 0.2) is 0 Å². The number of rotatable bonds is 3. The van der Waals surface area contributed by atoms with Gasteiger partial charge in [0, 0.05) is 9.58 Å². The number of fused-ring (bicyclic) bond motifs is 1. The monoisotopic (exact) mass is 216 g/mol. The van der Waals surface area contributed by atoms with Crippen molar-refractivity contribution in [3.05, 3.63) is 35.2 Å². The van der Waals surface area contributed by atoms with Gasteiger partial charge in [-0.05, 0) is 30.4 Å². The van der Waals surface area contributed by atoms with E-state index in [4.69, 9.17) is 6.42 Å². The Morgan fingerprint density at radius 3 is 2.93 bits per heavy atom. The fourth-order valence-electron chi connectivity index (χ4n) is 1.52. The number of benzene rings is 1. The third-order valence-electron chi connectivity index (χ3n) is 2.33. The van der Waals surface area contributed by atoms with Crippen LogP contribution in [0.4, 0.5) is 0 Å². The molecule has 0 radical (unpaired) electrons. The van der Waals surface area contributed by atoms with Gasteiger partial charge in [-0.25, -0.2) is 0 Å². The number of terminal acetylenes is 1. The second kappa shape index (κ2) is 4.48. The molecule has 0 saturated carbocycles. The van der Waals surface area contributed by atoms with Crippen molar-refractivity contribution in [2.75, 3.05) is 0 Å². The van der Waals surface area contributed by atoms with Gasteiger partial charge in [0.1, 0.15) is 6.10 Å². The fourth-order valence-corrected chi connectivity index (χ4v) is 2.60. The SMILES string of the molecule is C#C[C@@H](O)CCc1cc2ccccc2s1. The van der Waals surface area contributed by atoms with Crippen LogP contribution in [0.25, 0.3) is 10.1 Å². The lowest BCUT2D eigenvalue weighted by Gasteiger charge is -1.99. The molecule has 1 N–H and O–H groups in total. The van der Waals surface area contributed by atoms with Gasteiger partial charge in [-0.1, -0.05) is 24.1 Å². The van der Waals surface area contributed by atoms with Gasteiger partial charge < -0.3 is 5.11 Å². The Labute approximate surface area is 93.4 Å². The van der Waals surface area contributed by atoms with Crippen LogP contribution < -0.4 is 0 Å². The number of thiophene rings is 1. The van der Waals surface area contributed by atoms with Crippen LogP contribution >= 0.6 is 11.3 Å². The van der Waals surface area contributed by atoms with Gasteiger partial charge in [0.05, 0.1) is 0 Å². The fraction of sp³-hybridized carbons (Fsp3) is 0.231. The largest absolute Gasteiger partial charge is 0.380 e. The molecule has 0 fully saturated rings. The predicted octanol–water partition coefficient (Wildman–Crippen LogP) is 2.83. The number of hydrogen-bond donors (Lipinski definition) is 1. The van der Waals surface area contributed by atoms with Crippen LogP contribution in [-0.4, -0.2) is 11.2 Å². The molecule has 0 aliphatic carbocycles. The first-order valence-corrected chi connectivity index (χ1v) is 5.73. The van der Waals surface area contributed by atoms with Gasteiger partial charge in [-0.3, -0.25) is 0 Å². The summed E-state index contributed by atoms with van der Waals surface area (Å²) in [7, 11) is 0. The summed E-state index contributed by atoms with van der Waals surface area (Å²) >= 11 is 1.77. The summed E-state index contributed by atoms with van der Waals surface area (Å²) in [6, 6.07) is 10.5. The van der Waals surface area contributed by atoms with Crippen LogP contribution in [0.2, 0.25) is 0 Å². The highest BCUT2D eigenvalue weighted by molar-refractivity contribution is 7.19. The Balaban J connectivity index is 2.13. The third kappa shape index (κ3) is 2.38. The van der Waals surface area contributed by atoms with Crippen LogP contribution in [0.5, 0.6) is 0 Å². The smallest absolute Gasteiger partial charge is 0.114 e. The van der Waals surface area contributed by atoms with Crippen LogP contribution in [0, 0.1) is 12.3 Å². The number of hydrogen-bond acceptors (Lipinski definition) is 2. The average Bonchev–Trinajstić information content (AvgIpc) is 2.68. The topological polar surface area (TPSA) is 20.2 Å². The van der Waals surface area contributed by atoms with Crippen molar-refractivity contribution >= 4 is 21.4 Å². The highest BCUT2D eigenvalue weighted by Gasteiger charge is 2.03. The maximum atomic E-state index is 9.26. The maximum absolute atomic E-state index is 9.26. The first-order valence-electron chi connectivity index (χ1n) is 4.91. The molecule has 1 aromatic heterocycles. The van der Waals surface area contributed by atoms with Crippen molar-refractivity contribution in [3.63, 3.8) is 0 Å². The van der Waals surface area contributed by atoms with Crippen LogP contribution in [0.3, 0.4) is 0 Å². The maximum Gasteiger partial charge on any atom is 0.114 e. The van der Waals surface area contributed by atoms with E-state index in [-0.39, 0.29) is 0 Å². The minimum Gasteiger partial charge on any atom is -0.380 e. The van der Waals surface area contributed by atoms with Gasteiger partial charge >= 0.3 is 0 Å². The number of aliphatic hydroxyl groups is 1. The van der Waals surface area contributed by atoms with Crippen molar-refractivity contribution in [2.24, 2.45) is 0 Å². The van der Waals surface area contributed by atoms with Crippen molar-refractivity contribution in [3.8, 4) is 12.3 Å². The third-order valence-corrected chi connectivity index (χ3v) is 3.51. The molecule has 0 aliphatic heterocycles. The molecule has 76 valence electrons. The molecule has 0 amide bonds. The molecule has 2 aromatic rings. The van der Waals surface area contributed by atoms with E-state index in [1.165, 1.54) is 15.0 Å². The zero-order valence-electron chi connectivity index (χ0n) is 8.31. The normalized spacial score (nSPS) is 12.5. The summed E-state index contributed by atoms with van der Waals surface area (Å²) in [5.41, 5.74) is 0. The molecule has 1 nitrogen and oxygen atoms in total. The van der Waals surface area contributed by atoms with Crippen molar-refractivity contribution < 1.29 is 5.11 Å². The number of aryl methyl sites for hydroxylation is 1. The molecule has 0 spiro atoms. The Morgan fingerprint density at radius 2 is 2.20 bits per heavy atom. The van der Waals surface area contributed by atoms with E-state index in [2.05, 4.69) is 24.1 Å². The van der Waals surface area contributed by atoms with E-state index in [0.717, 1.165) is 6.42 Å². The van der Waals surface area contributed by atoms with E-state index >= 15 is 0 Å². The first kappa shape index (κ1) is 10.2. The summed E-state index contributed by atoms with van der Waals surface area (Å²) in [6.07, 6.45) is 5.99. The molecule has 0 bridgehead atoms. The molecule has 0 aliphatic rings. The second-order valence-corrected chi connectivity index (χ2v) is 4.64. The van der Waals surface area contributed by atoms with E-state index in [1.807, 2.05) is 12.1 Å². The van der Waals surface area contributed by atoms with Crippen molar-refractivity contribution in [1.29, 1.82) is 0 Å². The van der Waals surface area contributed by atoms with E-state index in [9.17, 15) is 5.11 Å². The standard InChI is InChI=1S/C13H12OS/c1-2-11(14)7-8-12-9-10-5-3-4-6-13(10)15-12/h1,3-6,9,11,14H,7-8H2/t11-/m1/s1. The Morgan fingerprint density at radius 1 is 1.40 bits per heavy atom. The van der Waals surface area contributed by atoms with Gasteiger partial charge in [-0.15, -0.1) is 17.8 Å². The minimum absolute atomic E-state index is 0.616. The highest BCUT2D eigenvalue weighted by Crippen LogP contribution is 2.26. The molecule has 1 heterocycles. The van der Waals surface area contributed by atoms with Gasteiger partial charge in [0.2, 0.25) is 0 Å². The molecular formula is C13H12OS. The number of aliphatic hydroxyl groups excluding tert-OH is 1. The van der Waals surface area contributed by atoms with E-state index in [0.29, 0.717) is 6.42 Å². The average molecular weight is 216 g/mol. The van der Waals surface area contributed by atoms with E-state index in [1.54, 1.807) is 11.3 Å². The van der Waals surface area contributed by atoms with Crippen molar-refractivity contribution in [1.82, 2.24) is 0 Å². The molecule has 2 rings (SSSR count). The van der Waals surface area contributed by atoms with Crippen LogP contribution in [0.1, 0.15) is 11.3 Å². The van der Waals surface area contributed by atoms with Crippen LogP contribution in [0.15, 0.2) is 30.3 Å². The summed E-state index contributed by atoms with van der Waals surface area (Å²) < 4.78 is 1.29. The summed E-state index contributed by atoms with van der Waals surface area (Å²) in [6.45, 7) is 0. The predicted molar refractivity (Wildman–Crippen MR) is 65.0 cm³/mol. The molecule has 15 heavy (non-hydrogen) atoms. The Kier molecular flexibility index (Phi) is 3.05. The Bertz CT molecular complexity index is 459. The Hall–Kier alpha value is -1.30. The summed E-state index contributed by atoms with van der Waals surface area (Å²) in [5, 5.41) is 10.5. The lowest BCUT2D eigenvalue weighted by atomic mass is 10.1.